The molecule has 4 aliphatic heterocycles. The summed E-state index contributed by atoms with van der Waals surface area (Å²) < 4.78 is 21.1. The molecule has 3 saturated heterocycles. The lowest BCUT2D eigenvalue weighted by molar-refractivity contribution is -0.166. The van der Waals surface area contributed by atoms with Crippen LogP contribution in [0.4, 0.5) is 4.79 Å². The highest BCUT2D eigenvalue weighted by Gasteiger charge is 2.46. The molecule has 3 fully saturated rings. The van der Waals surface area contributed by atoms with Gasteiger partial charge in [-0.25, -0.2) is 19.8 Å². The van der Waals surface area contributed by atoms with Crippen LogP contribution in [0.15, 0.2) is 18.2 Å². The van der Waals surface area contributed by atoms with Crippen LogP contribution in [0.3, 0.4) is 0 Å². The summed E-state index contributed by atoms with van der Waals surface area (Å²) in [5.41, 5.74) is 2.77. The Morgan fingerprint density at radius 2 is 1.95 bits per heavy atom. The van der Waals surface area contributed by atoms with Gasteiger partial charge in [0.05, 0.1) is 13.0 Å². The van der Waals surface area contributed by atoms with Gasteiger partial charge >= 0.3 is 12.0 Å². The first kappa shape index (κ1) is 24.6. The molecule has 14 nitrogen and oxygen atoms in total. The first-order chi connectivity index (χ1) is 17.9. The van der Waals surface area contributed by atoms with Crippen molar-refractivity contribution < 1.29 is 42.9 Å². The van der Waals surface area contributed by atoms with E-state index in [2.05, 4.69) is 10.7 Å². The molecule has 4 heterocycles. The third-order valence-electron chi connectivity index (χ3n) is 6.46. The lowest BCUT2D eigenvalue weighted by Crippen LogP contribution is -2.65. The number of cyclic esters (lactones) is 1. The summed E-state index contributed by atoms with van der Waals surface area (Å²) in [4.78, 5) is 64.4. The van der Waals surface area contributed by atoms with Crippen LogP contribution < -0.4 is 20.2 Å². The molecule has 0 bridgehead atoms. The number of amides is 5. The van der Waals surface area contributed by atoms with Gasteiger partial charge in [-0.15, -0.1) is 0 Å². The molecule has 5 amide bonds. The van der Waals surface area contributed by atoms with Crippen LogP contribution in [0.1, 0.15) is 43.0 Å². The summed E-state index contributed by atoms with van der Waals surface area (Å²) >= 11 is 0. The van der Waals surface area contributed by atoms with Crippen LogP contribution in [-0.2, 0) is 23.9 Å². The fraction of sp³-hybridized carbons (Fsp3) is 0.522. The standard InChI is InChI=1S/C23H27N5O9/c1-2-34-22-14(11-19(30)37-22)24-21(32)15-4-3-8-27-18(29)7-9-26(23(33)28(15)27)25-20(31)13-5-6-16-17(10-13)36-12-35-16/h5-6,10,14-15,22H,2-4,7-9,11-12H2,1H3,(H,24,32)(H,25,31)/t14-,15-,22?/m0/s1. The van der Waals surface area contributed by atoms with Crippen molar-refractivity contribution in [2.75, 3.05) is 26.5 Å². The van der Waals surface area contributed by atoms with E-state index in [9.17, 15) is 24.0 Å². The van der Waals surface area contributed by atoms with E-state index in [1.165, 1.54) is 17.1 Å². The van der Waals surface area contributed by atoms with Crippen LogP contribution in [0.5, 0.6) is 11.5 Å². The summed E-state index contributed by atoms with van der Waals surface area (Å²) in [6.45, 7) is 2.24. The average Bonchev–Trinajstić information content (AvgIpc) is 3.47. The van der Waals surface area contributed by atoms with Gasteiger partial charge in [0.2, 0.25) is 24.9 Å². The molecule has 14 heteroatoms. The maximum absolute atomic E-state index is 13.6. The van der Waals surface area contributed by atoms with Crippen molar-refractivity contribution in [1.82, 2.24) is 25.8 Å². The van der Waals surface area contributed by atoms with Crippen LogP contribution >= 0.6 is 0 Å². The molecule has 5 rings (SSSR count). The number of carbonyl (C=O) groups excluding carboxylic acids is 5. The minimum Gasteiger partial charge on any atom is -0.454 e. The molecule has 0 aromatic heterocycles. The molecular weight excluding hydrogens is 490 g/mol. The van der Waals surface area contributed by atoms with E-state index in [4.69, 9.17) is 18.9 Å². The Kier molecular flexibility index (Phi) is 6.74. The van der Waals surface area contributed by atoms with Gasteiger partial charge in [-0.2, -0.15) is 0 Å². The quantitative estimate of drug-likeness (QED) is 0.492. The van der Waals surface area contributed by atoms with Crippen molar-refractivity contribution >= 4 is 29.7 Å². The molecule has 0 spiro atoms. The summed E-state index contributed by atoms with van der Waals surface area (Å²) in [5, 5.41) is 6.10. The lowest BCUT2D eigenvalue weighted by atomic mass is 10.1. The number of hydrogen-bond acceptors (Lipinski definition) is 9. The number of benzene rings is 1. The fourth-order valence-electron chi connectivity index (χ4n) is 4.69. The molecule has 2 N–H and O–H groups in total. The zero-order chi connectivity index (χ0) is 26.1. The van der Waals surface area contributed by atoms with Gasteiger partial charge in [-0.1, -0.05) is 0 Å². The van der Waals surface area contributed by atoms with Gasteiger partial charge < -0.3 is 24.3 Å². The number of urea groups is 1. The predicted molar refractivity (Wildman–Crippen MR) is 121 cm³/mol. The molecule has 37 heavy (non-hydrogen) atoms. The monoisotopic (exact) mass is 517 g/mol. The topological polar surface area (TPSA) is 156 Å². The highest BCUT2D eigenvalue weighted by molar-refractivity contribution is 5.97. The number of nitrogens with one attached hydrogen (secondary N) is 2. The van der Waals surface area contributed by atoms with E-state index in [1.807, 2.05) is 0 Å². The Bertz CT molecular complexity index is 1130. The number of esters is 1. The largest absolute Gasteiger partial charge is 0.454 e. The normalized spacial score (nSPS) is 24.9. The number of carbonyl (C=O) groups is 5. The van der Waals surface area contributed by atoms with Crippen molar-refractivity contribution in [1.29, 1.82) is 0 Å². The van der Waals surface area contributed by atoms with Gasteiger partial charge in [0.1, 0.15) is 12.1 Å². The molecule has 0 aliphatic carbocycles. The number of fused-ring (bicyclic) bond motifs is 2. The second-order valence-corrected chi connectivity index (χ2v) is 8.85. The highest BCUT2D eigenvalue weighted by Crippen LogP contribution is 2.32. The number of ether oxygens (including phenoxy) is 4. The molecule has 0 saturated carbocycles. The van der Waals surface area contributed by atoms with E-state index in [1.54, 1.807) is 13.0 Å². The molecule has 1 aromatic carbocycles. The maximum Gasteiger partial charge on any atom is 0.358 e. The van der Waals surface area contributed by atoms with E-state index < -0.39 is 42.2 Å². The van der Waals surface area contributed by atoms with Crippen LogP contribution in [0.2, 0.25) is 0 Å². The number of hydrazine groups is 2. The Morgan fingerprint density at radius 1 is 1.14 bits per heavy atom. The van der Waals surface area contributed by atoms with E-state index in [-0.39, 0.29) is 57.2 Å². The van der Waals surface area contributed by atoms with Gasteiger partial charge in [0, 0.05) is 25.1 Å². The van der Waals surface area contributed by atoms with Crippen molar-refractivity contribution in [3.63, 3.8) is 0 Å². The number of rotatable bonds is 6. The Labute approximate surface area is 211 Å². The molecule has 1 aromatic rings. The zero-order valence-corrected chi connectivity index (χ0v) is 20.1. The molecule has 3 atom stereocenters. The zero-order valence-electron chi connectivity index (χ0n) is 20.1. The van der Waals surface area contributed by atoms with E-state index >= 15 is 0 Å². The summed E-state index contributed by atoms with van der Waals surface area (Å²) in [6.07, 6.45) is -0.273. The minimum absolute atomic E-state index is 0.0463. The van der Waals surface area contributed by atoms with Gasteiger partial charge in [-0.3, -0.25) is 24.6 Å². The first-order valence-corrected chi connectivity index (χ1v) is 12.1. The van der Waals surface area contributed by atoms with Gasteiger partial charge in [0.25, 0.3) is 5.91 Å². The predicted octanol–water partition coefficient (Wildman–Crippen LogP) is -0.112. The molecule has 198 valence electrons. The average molecular weight is 517 g/mol. The van der Waals surface area contributed by atoms with Crippen LogP contribution in [0, 0.1) is 0 Å². The summed E-state index contributed by atoms with van der Waals surface area (Å²) in [6, 6.07) is 2.12. The van der Waals surface area contributed by atoms with E-state index in [0.717, 1.165) is 10.0 Å². The molecule has 0 radical (unpaired) electrons. The van der Waals surface area contributed by atoms with Crippen molar-refractivity contribution in [3.05, 3.63) is 23.8 Å². The molecular formula is C23H27N5O9. The van der Waals surface area contributed by atoms with E-state index in [0.29, 0.717) is 17.9 Å². The Morgan fingerprint density at radius 3 is 2.76 bits per heavy atom. The van der Waals surface area contributed by atoms with Crippen molar-refractivity contribution in [3.8, 4) is 11.5 Å². The number of nitrogens with zero attached hydrogens (tertiary/aromatic N) is 3. The SMILES string of the molecule is CCOC1OC(=O)C[C@@H]1NC(=O)[C@@H]1CCCN2C(=O)CCN(NC(=O)c3ccc4c(c3)OCO4)C(=O)N12. The minimum atomic E-state index is -1.04. The molecule has 4 aliphatic rings. The second kappa shape index (κ2) is 10.1. The van der Waals surface area contributed by atoms with Crippen LogP contribution in [-0.4, -0.2) is 89.6 Å². The van der Waals surface area contributed by atoms with Crippen LogP contribution in [0.25, 0.3) is 0 Å². The smallest absolute Gasteiger partial charge is 0.358 e. The van der Waals surface area contributed by atoms with Crippen molar-refractivity contribution in [2.24, 2.45) is 0 Å². The third-order valence-corrected chi connectivity index (χ3v) is 6.46. The Balaban J connectivity index is 1.32. The lowest BCUT2D eigenvalue weighted by Gasteiger charge is -2.43. The van der Waals surface area contributed by atoms with Gasteiger partial charge in [-0.05, 0) is 38.0 Å². The maximum atomic E-state index is 13.6. The van der Waals surface area contributed by atoms with Crippen molar-refractivity contribution in [2.45, 2.75) is 51.0 Å². The second-order valence-electron chi connectivity index (χ2n) is 8.85. The highest BCUT2D eigenvalue weighted by atomic mass is 16.7. The Hall–Kier alpha value is -4.07. The summed E-state index contributed by atoms with van der Waals surface area (Å²) in [7, 11) is 0. The fourth-order valence-corrected chi connectivity index (χ4v) is 4.69. The summed E-state index contributed by atoms with van der Waals surface area (Å²) in [5.74, 6) is -1.09. The third kappa shape index (κ3) is 4.83. The van der Waals surface area contributed by atoms with Gasteiger partial charge in [0.15, 0.2) is 11.5 Å². The first-order valence-electron chi connectivity index (χ1n) is 12.1. The molecule has 1 unspecified atom stereocenters. The number of hydrogen-bond donors (Lipinski definition) is 2.